The Labute approximate surface area is 199 Å². The molecule has 11 atom stereocenters. The monoisotopic (exact) mass is 566 g/mol. The molecule has 0 aliphatic carbocycles. The molecule has 206 valence electrons. The lowest BCUT2D eigenvalue weighted by molar-refractivity contribution is -0.260. The van der Waals surface area contributed by atoms with Crippen molar-refractivity contribution in [2.75, 3.05) is 6.61 Å². The molecule has 21 heteroatoms. The second-order valence-corrected chi connectivity index (χ2v) is 10.7. The van der Waals surface area contributed by atoms with Gasteiger partial charge in [-0.05, 0) is 0 Å². The number of ether oxygens (including phenoxy) is 2. The number of hydrogen-bond donors (Lipinski definition) is 10. The van der Waals surface area contributed by atoms with Crippen molar-refractivity contribution in [3.05, 3.63) is 33.1 Å². The van der Waals surface area contributed by atoms with Crippen LogP contribution in [-0.2, 0) is 27.4 Å². The minimum absolute atomic E-state index is 0.615. The van der Waals surface area contributed by atoms with Crippen LogP contribution in [0.2, 0.25) is 0 Å². The summed E-state index contributed by atoms with van der Waals surface area (Å²) in [6, 6.07) is 0.860. The van der Waals surface area contributed by atoms with E-state index in [0.29, 0.717) is 4.57 Å². The van der Waals surface area contributed by atoms with Crippen LogP contribution in [0, 0.1) is 0 Å². The molecule has 0 radical (unpaired) electrons. The summed E-state index contributed by atoms with van der Waals surface area (Å²) >= 11 is 0. The highest BCUT2D eigenvalue weighted by molar-refractivity contribution is 7.60. The first-order valence-electron chi connectivity index (χ1n) is 9.98. The number of aromatic nitrogens is 2. The fourth-order valence-electron chi connectivity index (χ4n) is 3.83. The van der Waals surface area contributed by atoms with E-state index in [9.17, 15) is 54.3 Å². The molecule has 3 unspecified atom stereocenters. The van der Waals surface area contributed by atoms with Gasteiger partial charge in [-0.15, -0.1) is 0 Å². The number of H-pyrrole nitrogens is 1. The lowest BCUT2D eigenvalue weighted by atomic mass is 9.89. The molecule has 0 aromatic carbocycles. The Hall–Kier alpha value is -1.38. The molecule has 1 aromatic heterocycles. The van der Waals surface area contributed by atoms with Crippen molar-refractivity contribution in [1.82, 2.24) is 9.55 Å². The van der Waals surface area contributed by atoms with Gasteiger partial charge >= 0.3 is 21.3 Å². The van der Waals surface area contributed by atoms with Gasteiger partial charge in [-0.25, -0.2) is 13.9 Å². The number of aromatic amines is 1. The molecule has 0 spiro atoms. The molecule has 0 bridgehead atoms. The van der Waals surface area contributed by atoms with E-state index in [0.717, 1.165) is 12.3 Å². The van der Waals surface area contributed by atoms with Gasteiger partial charge in [-0.1, -0.05) is 0 Å². The summed E-state index contributed by atoms with van der Waals surface area (Å²) < 4.78 is 43.1. The highest BCUT2D eigenvalue weighted by Crippen LogP contribution is 2.59. The Morgan fingerprint density at radius 1 is 0.944 bits per heavy atom. The first-order valence-corrected chi connectivity index (χ1v) is 13.0. The standard InChI is InChI=1S/C15H24N2O17P2/c18-3-4-6(20)7(21)8(22)11(31-4)13(33-36(29,30)34-35(26,27)28)12-9(23)10(24)14(32-12)17-2-1-5(19)16-15(17)25/h1-2,4,6-14,18,20-24H,3H2,(H,29,30)(H,16,19,25)(H2,26,27,28)/t4-,6-,7+,8+,9+,10-,11?,12+,13?,14-/m1/s1. The first kappa shape index (κ1) is 29.2. The summed E-state index contributed by atoms with van der Waals surface area (Å²) in [6.07, 6.45) is -19.2. The van der Waals surface area contributed by atoms with Gasteiger partial charge in [0.25, 0.3) is 5.56 Å². The molecule has 19 nitrogen and oxygen atoms in total. The zero-order valence-electron chi connectivity index (χ0n) is 17.8. The third-order valence-electron chi connectivity index (χ3n) is 5.44. The number of nitrogens with zero attached hydrogens (tertiary/aromatic N) is 1. The Morgan fingerprint density at radius 2 is 1.53 bits per heavy atom. The SMILES string of the molecule is O=c1ccn([C@@H]2O[C@H](C(OP(=O)(O)OP(=O)(O)O)C3O[C@H](CO)[C@@H](O)[C@H](O)[C@@H]3O)[C@@H](O)[C@H]2O)c(=O)[nH]1. The largest absolute Gasteiger partial charge is 0.481 e. The summed E-state index contributed by atoms with van der Waals surface area (Å²) in [5.41, 5.74) is -1.93. The molecule has 36 heavy (non-hydrogen) atoms. The number of phosphoric acid groups is 2. The number of phosphoric ester groups is 1. The molecule has 2 aliphatic rings. The van der Waals surface area contributed by atoms with Crippen LogP contribution in [-0.4, -0.2) is 116 Å². The Kier molecular flexibility index (Phi) is 8.73. The van der Waals surface area contributed by atoms with Crippen molar-refractivity contribution in [3.63, 3.8) is 0 Å². The van der Waals surface area contributed by atoms with Gasteiger partial charge in [-0.3, -0.25) is 18.9 Å². The number of aliphatic hydroxyl groups is 6. The van der Waals surface area contributed by atoms with Gasteiger partial charge in [0, 0.05) is 12.3 Å². The van der Waals surface area contributed by atoms with Gasteiger partial charge in [0.1, 0.15) is 54.9 Å². The van der Waals surface area contributed by atoms with Gasteiger partial charge in [0.2, 0.25) is 0 Å². The van der Waals surface area contributed by atoms with Crippen LogP contribution in [0.4, 0.5) is 0 Å². The average Bonchev–Trinajstić information content (AvgIpc) is 3.04. The molecule has 2 saturated heterocycles. The molecule has 0 saturated carbocycles. The highest BCUT2D eigenvalue weighted by atomic mass is 31.3. The normalized spacial score (nSPS) is 38.0. The third kappa shape index (κ3) is 6.18. The van der Waals surface area contributed by atoms with Gasteiger partial charge in [0.15, 0.2) is 6.23 Å². The van der Waals surface area contributed by atoms with Crippen LogP contribution in [0.25, 0.3) is 0 Å². The lowest BCUT2D eigenvalue weighted by Crippen LogP contribution is -2.64. The van der Waals surface area contributed by atoms with Crippen molar-refractivity contribution < 1.29 is 72.8 Å². The van der Waals surface area contributed by atoms with Crippen molar-refractivity contribution in [3.8, 4) is 0 Å². The number of aliphatic hydroxyl groups excluding tert-OH is 6. The maximum Gasteiger partial charge on any atom is 0.481 e. The van der Waals surface area contributed by atoms with E-state index in [2.05, 4.69) is 4.31 Å². The predicted molar refractivity (Wildman–Crippen MR) is 109 cm³/mol. The maximum absolute atomic E-state index is 12.3. The van der Waals surface area contributed by atoms with Crippen LogP contribution < -0.4 is 11.2 Å². The summed E-state index contributed by atoms with van der Waals surface area (Å²) in [5, 5.41) is 61.0. The second kappa shape index (κ2) is 10.8. The molecule has 3 rings (SSSR count). The third-order valence-corrected chi connectivity index (χ3v) is 7.63. The summed E-state index contributed by atoms with van der Waals surface area (Å²) in [5.74, 6) is 0. The van der Waals surface area contributed by atoms with E-state index in [-0.39, 0.29) is 0 Å². The van der Waals surface area contributed by atoms with Crippen molar-refractivity contribution in [1.29, 1.82) is 0 Å². The van der Waals surface area contributed by atoms with Crippen molar-refractivity contribution in [2.45, 2.75) is 61.2 Å². The Balaban J connectivity index is 2.02. The smallest absolute Gasteiger partial charge is 0.394 e. The Morgan fingerprint density at radius 3 is 2.08 bits per heavy atom. The van der Waals surface area contributed by atoms with Gasteiger partial charge in [0.05, 0.1) is 6.61 Å². The molecule has 0 amide bonds. The van der Waals surface area contributed by atoms with Gasteiger partial charge in [-0.2, -0.15) is 4.31 Å². The second-order valence-electron chi connectivity index (χ2n) is 7.89. The van der Waals surface area contributed by atoms with E-state index < -0.39 is 94.7 Å². The molecular weight excluding hydrogens is 542 g/mol. The fraction of sp³-hybridized carbons (Fsp3) is 0.733. The van der Waals surface area contributed by atoms with Crippen LogP contribution in [0.1, 0.15) is 6.23 Å². The lowest BCUT2D eigenvalue weighted by Gasteiger charge is -2.44. The van der Waals surface area contributed by atoms with Crippen molar-refractivity contribution >= 4 is 15.6 Å². The van der Waals surface area contributed by atoms with Crippen molar-refractivity contribution in [2.24, 2.45) is 0 Å². The van der Waals surface area contributed by atoms with E-state index in [1.54, 1.807) is 0 Å². The van der Waals surface area contributed by atoms with E-state index >= 15 is 0 Å². The van der Waals surface area contributed by atoms with Crippen LogP contribution >= 0.6 is 15.6 Å². The fourth-order valence-corrected chi connectivity index (χ4v) is 5.61. The van der Waals surface area contributed by atoms with Crippen LogP contribution in [0.15, 0.2) is 21.9 Å². The molecular formula is C15H24N2O17P2. The summed E-state index contributed by atoms with van der Waals surface area (Å²) in [4.78, 5) is 52.9. The minimum atomic E-state index is -5.78. The average molecular weight is 566 g/mol. The minimum Gasteiger partial charge on any atom is -0.394 e. The predicted octanol–water partition coefficient (Wildman–Crippen LogP) is -5.41. The number of hydrogen-bond acceptors (Lipinski definition) is 14. The van der Waals surface area contributed by atoms with E-state index in [1.807, 2.05) is 4.98 Å². The topological polar surface area (TPSA) is 308 Å². The molecule has 3 heterocycles. The highest BCUT2D eigenvalue weighted by Gasteiger charge is 2.57. The maximum atomic E-state index is 12.3. The molecule has 2 aliphatic heterocycles. The van der Waals surface area contributed by atoms with Gasteiger partial charge < -0.3 is 54.8 Å². The molecule has 2 fully saturated rings. The summed E-state index contributed by atoms with van der Waals surface area (Å²) in [7, 11) is -11.5. The zero-order chi connectivity index (χ0) is 27.2. The number of rotatable bonds is 8. The first-order chi connectivity index (χ1) is 16.6. The van der Waals surface area contributed by atoms with Crippen LogP contribution in [0.3, 0.4) is 0 Å². The Bertz CT molecular complexity index is 1130. The summed E-state index contributed by atoms with van der Waals surface area (Å²) in [6.45, 7) is -0.962. The molecule has 1 aromatic rings. The van der Waals surface area contributed by atoms with E-state index in [1.165, 1.54) is 0 Å². The quantitative estimate of drug-likeness (QED) is 0.131. The number of nitrogens with one attached hydrogen (secondary N) is 1. The zero-order valence-corrected chi connectivity index (χ0v) is 19.6. The van der Waals surface area contributed by atoms with Crippen LogP contribution in [0.5, 0.6) is 0 Å². The molecule has 10 N–H and O–H groups in total. The van der Waals surface area contributed by atoms with E-state index in [4.69, 9.17) is 23.8 Å².